The van der Waals surface area contributed by atoms with Crippen molar-refractivity contribution in [2.24, 2.45) is 0 Å². The quantitative estimate of drug-likeness (QED) is 0.912. The van der Waals surface area contributed by atoms with Crippen LogP contribution in [0.2, 0.25) is 0 Å². The Bertz CT molecular complexity index is 637. The lowest BCUT2D eigenvalue weighted by Crippen LogP contribution is -2.14. The SMILES string of the molecule is CN(C)c1nc(N)c(C(=O)Nc2c(F)cccc2F)s1. The molecule has 0 aliphatic rings. The van der Waals surface area contributed by atoms with Crippen molar-refractivity contribution in [1.82, 2.24) is 4.98 Å². The van der Waals surface area contributed by atoms with Gasteiger partial charge >= 0.3 is 0 Å². The van der Waals surface area contributed by atoms with E-state index in [1.807, 2.05) is 0 Å². The Morgan fingerprint density at radius 3 is 2.45 bits per heavy atom. The van der Waals surface area contributed by atoms with Gasteiger partial charge < -0.3 is 16.0 Å². The number of rotatable bonds is 3. The third-order valence-electron chi connectivity index (χ3n) is 2.43. The predicted molar refractivity (Wildman–Crippen MR) is 75.2 cm³/mol. The van der Waals surface area contributed by atoms with Crippen molar-refractivity contribution in [3.05, 3.63) is 34.7 Å². The summed E-state index contributed by atoms with van der Waals surface area (Å²) in [5, 5.41) is 2.70. The average molecular weight is 298 g/mol. The summed E-state index contributed by atoms with van der Waals surface area (Å²) in [6, 6.07) is 3.32. The van der Waals surface area contributed by atoms with Crippen LogP contribution in [0.15, 0.2) is 18.2 Å². The number of nitrogens with zero attached hydrogens (tertiary/aromatic N) is 2. The Kier molecular flexibility index (Phi) is 3.84. The molecule has 1 heterocycles. The van der Waals surface area contributed by atoms with Crippen molar-refractivity contribution in [3.63, 3.8) is 0 Å². The Morgan fingerprint density at radius 2 is 1.95 bits per heavy atom. The summed E-state index contributed by atoms with van der Waals surface area (Å²) in [7, 11) is 3.49. The Balaban J connectivity index is 2.29. The normalized spacial score (nSPS) is 10.4. The fourth-order valence-corrected chi connectivity index (χ4v) is 2.26. The summed E-state index contributed by atoms with van der Waals surface area (Å²) in [6.07, 6.45) is 0. The lowest BCUT2D eigenvalue weighted by molar-refractivity contribution is 0.103. The number of amides is 1. The average Bonchev–Trinajstić information content (AvgIpc) is 2.76. The molecule has 2 rings (SSSR count). The van der Waals surface area contributed by atoms with Gasteiger partial charge in [-0.1, -0.05) is 17.4 Å². The van der Waals surface area contributed by atoms with E-state index in [0.29, 0.717) is 5.13 Å². The highest BCUT2D eigenvalue weighted by Crippen LogP contribution is 2.28. The van der Waals surface area contributed by atoms with Gasteiger partial charge in [0.15, 0.2) is 5.13 Å². The zero-order valence-corrected chi connectivity index (χ0v) is 11.6. The molecular weight excluding hydrogens is 286 g/mol. The lowest BCUT2D eigenvalue weighted by atomic mass is 10.3. The highest BCUT2D eigenvalue weighted by molar-refractivity contribution is 7.18. The van der Waals surface area contributed by atoms with Gasteiger partial charge in [-0.3, -0.25) is 4.79 Å². The monoisotopic (exact) mass is 298 g/mol. The number of nitrogen functional groups attached to an aromatic ring is 1. The second-order valence-corrected chi connectivity index (χ2v) is 5.13. The van der Waals surface area contributed by atoms with Crippen molar-refractivity contribution in [2.75, 3.05) is 30.0 Å². The Labute approximate surface area is 118 Å². The third kappa shape index (κ3) is 2.69. The maximum atomic E-state index is 13.5. The largest absolute Gasteiger partial charge is 0.382 e. The predicted octanol–water partition coefficient (Wildman–Crippen LogP) is 2.32. The van der Waals surface area contributed by atoms with Gasteiger partial charge in [-0.05, 0) is 12.1 Å². The second-order valence-electron chi connectivity index (χ2n) is 4.16. The van der Waals surface area contributed by atoms with Crippen molar-refractivity contribution in [1.29, 1.82) is 0 Å². The van der Waals surface area contributed by atoms with Crippen LogP contribution in [0.5, 0.6) is 0 Å². The Morgan fingerprint density at radius 1 is 1.35 bits per heavy atom. The lowest BCUT2D eigenvalue weighted by Gasteiger charge is -2.06. The standard InChI is InChI=1S/C12H12F2N4OS/c1-18(2)12-17-10(15)9(20-12)11(19)16-8-6(13)4-3-5-7(8)14/h3-5H,15H2,1-2H3,(H,16,19). The van der Waals surface area contributed by atoms with E-state index in [-0.39, 0.29) is 10.7 Å². The zero-order valence-electron chi connectivity index (χ0n) is 10.8. The van der Waals surface area contributed by atoms with E-state index in [4.69, 9.17) is 5.73 Å². The molecule has 0 saturated heterocycles. The van der Waals surface area contributed by atoms with Gasteiger partial charge in [-0.15, -0.1) is 0 Å². The van der Waals surface area contributed by atoms with Crippen LogP contribution in [0.4, 0.5) is 25.4 Å². The van der Waals surface area contributed by atoms with E-state index < -0.39 is 23.2 Å². The molecule has 0 radical (unpaired) electrons. The molecule has 1 amide bonds. The number of carbonyl (C=O) groups excluding carboxylic acids is 1. The van der Waals surface area contributed by atoms with Crippen LogP contribution in [0.25, 0.3) is 0 Å². The number of benzene rings is 1. The topological polar surface area (TPSA) is 71.2 Å². The Hall–Kier alpha value is -2.22. The minimum atomic E-state index is -0.853. The van der Waals surface area contributed by atoms with Gasteiger partial charge in [-0.2, -0.15) is 0 Å². The summed E-state index contributed by atoms with van der Waals surface area (Å²) in [6.45, 7) is 0. The molecule has 1 aromatic carbocycles. The fraction of sp³-hybridized carbons (Fsp3) is 0.167. The summed E-state index contributed by atoms with van der Waals surface area (Å²) in [4.78, 5) is 17.8. The molecule has 0 aliphatic carbocycles. The minimum absolute atomic E-state index is 0.0212. The fourth-order valence-electron chi connectivity index (χ4n) is 1.46. The highest BCUT2D eigenvalue weighted by atomic mass is 32.1. The third-order valence-corrected chi connectivity index (χ3v) is 3.67. The number of anilines is 3. The van der Waals surface area contributed by atoms with Gasteiger partial charge in [0.2, 0.25) is 0 Å². The summed E-state index contributed by atoms with van der Waals surface area (Å²) in [5.41, 5.74) is 5.13. The molecule has 1 aromatic heterocycles. The van der Waals surface area contributed by atoms with Gasteiger partial charge in [-0.25, -0.2) is 13.8 Å². The van der Waals surface area contributed by atoms with Gasteiger partial charge in [0.25, 0.3) is 5.91 Å². The van der Waals surface area contributed by atoms with Crippen LogP contribution >= 0.6 is 11.3 Å². The van der Waals surface area contributed by atoms with Crippen molar-refractivity contribution >= 4 is 33.9 Å². The number of nitrogens with one attached hydrogen (secondary N) is 1. The van der Waals surface area contributed by atoms with Crippen LogP contribution in [-0.4, -0.2) is 25.0 Å². The van der Waals surface area contributed by atoms with Crippen LogP contribution in [0.1, 0.15) is 9.67 Å². The molecule has 20 heavy (non-hydrogen) atoms. The first kappa shape index (κ1) is 14.2. The van der Waals surface area contributed by atoms with Crippen LogP contribution in [0.3, 0.4) is 0 Å². The number of hydrogen-bond acceptors (Lipinski definition) is 5. The summed E-state index contributed by atoms with van der Waals surface area (Å²) < 4.78 is 26.9. The number of aromatic nitrogens is 1. The molecular formula is C12H12F2N4OS. The number of hydrogen-bond donors (Lipinski definition) is 2. The second kappa shape index (κ2) is 5.41. The molecule has 3 N–H and O–H groups in total. The number of carbonyl (C=O) groups is 1. The number of thiazole rings is 1. The summed E-state index contributed by atoms with van der Waals surface area (Å²) >= 11 is 1.04. The van der Waals surface area contributed by atoms with Crippen LogP contribution in [-0.2, 0) is 0 Å². The van der Waals surface area contributed by atoms with E-state index in [9.17, 15) is 13.6 Å². The molecule has 0 bridgehead atoms. The first-order valence-electron chi connectivity index (χ1n) is 5.59. The van der Waals surface area contributed by atoms with E-state index in [1.165, 1.54) is 6.07 Å². The van der Waals surface area contributed by atoms with Gasteiger partial charge in [0, 0.05) is 14.1 Å². The van der Waals surface area contributed by atoms with Gasteiger partial charge in [0.1, 0.15) is 28.0 Å². The molecule has 0 aliphatic heterocycles. The van der Waals surface area contributed by atoms with E-state index >= 15 is 0 Å². The molecule has 0 saturated carbocycles. The molecule has 0 fully saturated rings. The molecule has 0 unspecified atom stereocenters. The first-order valence-corrected chi connectivity index (χ1v) is 6.40. The molecule has 0 atom stereocenters. The zero-order chi connectivity index (χ0) is 14.9. The number of halogens is 2. The number of nitrogens with two attached hydrogens (primary N) is 1. The van der Waals surface area contributed by atoms with Crippen LogP contribution in [0, 0.1) is 11.6 Å². The van der Waals surface area contributed by atoms with E-state index in [1.54, 1.807) is 19.0 Å². The maximum absolute atomic E-state index is 13.5. The molecule has 5 nitrogen and oxygen atoms in total. The van der Waals surface area contributed by atoms with E-state index in [0.717, 1.165) is 23.5 Å². The van der Waals surface area contributed by atoms with Crippen molar-refractivity contribution in [2.45, 2.75) is 0 Å². The van der Waals surface area contributed by atoms with Crippen molar-refractivity contribution < 1.29 is 13.6 Å². The van der Waals surface area contributed by atoms with E-state index in [2.05, 4.69) is 10.3 Å². The van der Waals surface area contributed by atoms with Gasteiger partial charge in [0.05, 0.1) is 0 Å². The molecule has 2 aromatic rings. The molecule has 8 heteroatoms. The first-order chi connectivity index (χ1) is 9.40. The van der Waals surface area contributed by atoms with Crippen molar-refractivity contribution in [3.8, 4) is 0 Å². The number of para-hydroxylation sites is 1. The molecule has 106 valence electrons. The smallest absolute Gasteiger partial charge is 0.269 e. The maximum Gasteiger partial charge on any atom is 0.269 e. The highest BCUT2D eigenvalue weighted by Gasteiger charge is 2.19. The minimum Gasteiger partial charge on any atom is -0.382 e. The molecule has 0 spiro atoms. The van der Waals surface area contributed by atoms with Crippen LogP contribution < -0.4 is 16.0 Å². The summed E-state index contributed by atoms with van der Waals surface area (Å²) in [5.74, 6) is -2.38.